The quantitative estimate of drug-likeness (QED) is 0.786. The minimum absolute atomic E-state index is 0.222. The molecule has 1 aliphatic carbocycles. The maximum Gasteiger partial charge on any atom is 0.125 e. The normalized spacial score (nSPS) is 31.1. The summed E-state index contributed by atoms with van der Waals surface area (Å²) in [5.74, 6) is 6.64. The van der Waals surface area contributed by atoms with Crippen LogP contribution < -0.4 is 0 Å². The van der Waals surface area contributed by atoms with Crippen LogP contribution in [0.15, 0.2) is 24.3 Å². The first-order valence-electron chi connectivity index (χ1n) is 10.5. The molecule has 1 aromatic rings. The molecule has 146 valence electrons. The Morgan fingerprint density at radius 1 is 1.07 bits per heavy atom. The monoisotopic (exact) mass is 368 g/mol. The number of benzene rings is 1. The lowest BCUT2D eigenvalue weighted by atomic mass is 9.74. The lowest BCUT2D eigenvalue weighted by molar-refractivity contribution is -0.0614. The molecule has 1 aromatic carbocycles. The molecule has 2 saturated heterocycles. The zero-order valence-corrected chi connectivity index (χ0v) is 16.4. The fourth-order valence-electron chi connectivity index (χ4n) is 5.18. The van der Waals surface area contributed by atoms with Gasteiger partial charge in [-0.1, -0.05) is 24.0 Å². The number of aliphatic hydroxyl groups excluding tert-OH is 1. The van der Waals surface area contributed by atoms with Crippen LogP contribution in [0.3, 0.4) is 0 Å². The van der Waals surface area contributed by atoms with Crippen LogP contribution >= 0.6 is 0 Å². The van der Waals surface area contributed by atoms with Crippen molar-refractivity contribution in [3.05, 3.63) is 35.4 Å². The molecule has 3 atom stereocenters. The molecular formula is C23H32N2O2. The number of rotatable bonds is 2. The fourth-order valence-corrected chi connectivity index (χ4v) is 5.18. The molecule has 0 spiro atoms. The Hall–Kier alpha value is -1.38. The van der Waals surface area contributed by atoms with Gasteiger partial charge in [-0.25, -0.2) is 0 Å². The fraction of sp³-hybridized carbons (Fsp3) is 0.652. The van der Waals surface area contributed by atoms with E-state index in [0.29, 0.717) is 12.0 Å². The molecule has 27 heavy (non-hydrogen) atoms. The zero-order valence-electron chi connectivity index (χ0n) is 16.4. The molecule has 4 heteroatoms. The lowest BCUT2D eigenvalue weighted by Gasteiger charge is -2.57. The smallest absolute Gasteiger partial charge is 0.125 e. The number of nitrogens with zero attached hydrogens (tertiary/aromatic N) is 2. The summed E-state index contributed by atoms with van der Waals surface area (Å²) in [6.45, 7) is 3.55. The molecule has 4 nitrogen and oxygen atoms in total. The lowest BCUT2D eigenvalue weighted by Crippen LogP contribution is -2.67. The van der Waals surface area contributed by atoms with Crippen LogP contribution in [-0.4, -0.2) is 71.0 Å². The second kappa shape index (κ2) is 7.93. The topological polar surface area (TPSA) is 46.9 Å². The largest absolute Gasteiger partial charge is 0.395 e. The maximum atomic E-state index is 10.4. The third kappa shape index (κ3) is 3.93. The summed E-state index contributed by atoms with van der Waals surface area (Å²) in [5, 5.41) is 20.4. The van der Waals surface area contributed by atoms with E-state index >= 15 is 0 Å². The van der Waals surface area contributed by atoms with Crippen LogP contribution in [-0.2, 0) is 0 Å². The number of fused-ring (bicyclic) bond motifs is 1. The van der Waals surface area contributed by atoms with E-state index in [-0.39, 0.29) is 12.6 Å². The van der Waals surface area contributed by atoms with Crippen molar-refractivity contribution in [3.63, 3.8) is 0 Å². The van der Waals surface area contributed by atoms with E-state index in [9.17, 15) is 10.2 Å². The van der Waals surface area contributed by atoms with Crippen LogP contribution in [0.2, 0.25) is 0 Å². The molecule has 0 unspecified atom stereocenters. The van der Waals surface area contributed by atoms with E-state index in [1.807, 2.05) is 0 Å². The van der Waals surface area contributed by atoms with Gasteiger partial charge in [0.25, 0.3) is 0 Å². The highest BCUT2D eigenvalue weighted by Gasteiger charge is 2.48. The van der Waals surface area contributed by atoms with Crippen LogP contribution in [0.5, 0.6) is 0 Å². The van der Waals surface area contributed by atoms with Crippen molar-refractivity contribution in [2.45, 2.75) is 62.1 Å². The van der Waals surface area contributed by atoms with E-state index in [0.717, 1.165) is 50.9 Å². The van der Waals surface area contributed by atoms with Gasteiger partial charge in [0.05, 0.1) is 6.61 Å². The van der Waals surface area contributed by atoms with Gasteiger partial charge >= 0.3 is 0 Å². The highest BCUT2D eigenvalue weighted by atomic mass is 16.3. The Kier molecular flexibility index (Phi) is 5.57. The first-order valence-corrected chi connectivity index (χ1v) is 10.5. The molecule has 0 amide bonds. The van der Waals surface area contributed by atoms with Crippen molar-refractivity contribution >= 4 is 0 Å². The number of hydrogen-bond donors (Lipinski definition) is 2. The standard InChI is InChI=1S/C23H32N2O2/c1-24-14-4-5-15-25-20(16-24)22(21(25)17-26)19-8-6-18(7-9-19)10-13-23(27)11-2-3-12-23/h6-9,20-22,26-27H,2-5,11-12,14-17H2,1H3/t20-,21+,22+/m0/s1. The summed E-state index contributed by atoms with van der Waals surface area (Å²) >= 11 is 0. The van der Waals surface area contributed by atoms with Gasteiger partial charge in [0.15, 0.2) is 0 Å². The molecule has 2 heterocycles. The van der Waals surface area contributed by atoms with Crippen molar-refractivity contribution in [3.8, 4) is 11.8 Å². The molecule has 4 rings (SSSR count). The van der Waals surface area contributed by atoms with Crippen LogP contribution in [0.25, 0.3) is 0 Å². The second-order valence-electron chi connectivity index (χ2n) is 8.66. The van der Waals surface area contributed by atoms with Crippen molar-refractivity contribution < 1.29 is 10.2 Å². The van der Waals surface area contributed by atoms with E-state index in [2.05, 4.69) is 53.0 Å². The van der Waals surface area contributed by atoms with E-state index in [4.69, 9.17) is 0 Å². The van der Waals surface area contributed by atoms with E-state index in [1.54, 1.807) is 0 Å². The van der Waals surface area contributed by atoms with Gasteiger partial charge in [0.1, 0.15) is 5.60 Å². The third-order valence-corrected chi connectivity index (χ3v) is 6.74. The molecular weight excluding hydrogens is 336 g/mol. The Labute approximate surface area is 163 Å². The Balaban J connectivity index is 1.50. The number of hydrogen-bond acceptors (Lipinski definition) is 4. The summed E-state index contributed by atoms with van der Waals surface area (Å²) in [6, 6.07) is 9.22. The van der Waals surface area contributed by atoms with Gasteiger partial charge in [-0.3, -0.25) is 4.90 Å². The Morgan fingerprint density at radius 3 is 2.48 bits per heavy atom. The minimum atomic E-state index is -0.779. The molecule has 2 N–H and O–H groups in total. The third-order valence-electron chi connectivity index (χ3n) is 6.74. The molecule has 0 bridgehead atoms. The predicted molar refractivity (Wildman–Crippen MR) is 108 cm³/mol. The first-order chi connectivity index (χ1) is 13.1. The van der Waals surface area contributed by atoms with Gasteiger partial charge in [-0.05, 0) is 76.4 Å². The molecule has 3 aliphatic rings. The van der Waals surface area contributed by atoms with Crippen LogP contribution in [0.4, 0.5) is 0 Å². The van der Waals surface area contributed by atoms with Crippen molar-refractivity contribution in [1.82, 2.24) is 9.80 Å². The predicted octanol–water partition coefficient (Wildman–Crippen LogP) is 2.20. The van der Waals surface area contributed by atoms with E-state index in [1.165, 1.54) is 18.4 Å². The summed E-state index contributed by atoms with van der Waals surface area (Å²) in [4.78, 5) is 4.93. The van der Waals surface area contributed by atoms with Gasteiger partial charge in [-0.2, -0.15) is 0 Å². The van der Waals surface area contributed by atoms with Gasteiger partial charge in [0.2, 0.25) is 0 Å². The zero-order chi connectivity index (χ0) is 18.9. The Bertz CT molecular complexity index is 699. The SMILES string of the molecule is CN1CCCCN2[C@H](CO)[C@H](c3ccc(C#CC4(O)CCCC4)cc3)[C@@H]2C1. The van der Waals surface area contributed by atoms with Crippen LogP contribution in [0.1, 0.15) is 55.6 Å². The maximum absolute atomic E-state index is 10.4. The van der Waals surface area contributed by atoms with Gasteiger partial charge in [0, 0.05) is 30.1 Å². The molecule has 3 fully saturated rings. The van der Waals surface area contributed by atoms with Gasteiger partial charge in [-0.15, -0.1) is 0 Å². The van der Waals surface area contributed by atoms with Crippen molar-refractivity contribution in [2.24, 2.45) is 0 Å². The van der Waals surface area contributed by atoms with Crippen molar-refractivity contribution in [2.75, 3.05) is 33.3 Å². The molecule has 0 radical (unpaired) electrons. The first kappa shape index (κ1) is 19.0. The number of aliphatic hydroxyl groups is 2. The molecule has 2 aliphatic heterocycles. The molecule has 1 saturated carbocycles. The van der Waals surface area contributed by atoms with Crippen molar-refractivity contribution in [1.29, 1.82) is 0 Å². The average molecular weight is 369 g/mol. The van der Waals surface area contributed by atoms with Gasteiger partial charge < -0.3 is 15.1 Å². The minimum Gasteiger partial charge on any atom is -0.395 e. The summed E-state index contributed by atoms with van der Waals surface area (Å²) < 4.78 is 0. The highest BCUT2D eigenvalue weighted by Crippen LogP contribution is 2.41. The summed E-state index contributed by atoms with van der Waals surface area (Å²) in [5.41, 5.74) is 1.48. The summed E-state index contributed by atoms with van der Waals surface area (Å²) in [6.07, 6.45) is 6.18. The van der Waals surface area contributed by atoms with E-state index < -0.39 is 5.60 Å². The number of likely N-dealkylation sites (N-methyl/N-ethyl adjacent to an activating group) is 1. The highest BCUT2D eigenvalue weighted by molar-refractivity contribution is 5.40. The summed E-state index contributed by atoms with van der Waals surface area (Å²) in [7, 11) is 2.21. The average Bonchev–Trinajstić information content (AvgIpc) is 3.09. The molecule has 0 aromatic heterocycles. The Morgan fingerprint density at radius 2 is 1.78 bits per heavy atom. The van der Waals surface area contributed by atoms with Crippen LogP contribution in [0, 0.1) is 11.8 Å². The second-order valence-corrected chi connectivity index (χ2v) is 8.66.